The van der Waals surface area contributed by atoms with Gasteiger partial charge in [-0.15, -0.1) is 0 Å². The summed E-state index contributed by atoms with van der Waals surface area (Å²) in [5.41, 5.74) is 45.0. The molecule has 0 unspecified atom stereocenters. The van der Waals surface area contributed by atoms with Crippen LogP contribution < -0.4 is 9.80 Å². The van der Waals surface area contributed by atoms with Gasteiger partial charge in [0, 0.05) is 61.1 Å². The zero-order chi connectivity index (χ0) is 78.1. The molecule has 2 aromatic heterocycles. The summed E-state index contributed by atoms with van der Waals surface area (Å²) in [5, 5.41) is 4.47. The van der Waals surface area contributed by atoms with Crippen LogP contribution >= 0.6 is 0 Å². The lowest BCUT2D eigenvalue weighted by Crippen LogP contribution is -2.26. The summed E-state index contributed by atoms with van der Waals surface area (Å²) in [6, 6.07) is 147. The third kappa shape index (κ3) is 9.78. The highest BCUT2D eigenvalue weighted by Crippen LogP contribution is 2.66. The Hall–Kier alpha value is -14.8. The SMILES string of the molecule is Cc1cc(N(c2ccc(-c3cccc4c3oc3ccccc34)cc2)c2ccc3c(c2)C2(c4ccccc4-c4ccccc42)c2ccccc2-3)ccc1-c1ccccc1Cc1cccc2oc3c(-c4ccc(N(c5ccc6c(c5)C5(c7ccccc7-c7ccccc75)c5ccccc5-6)c5c(C)cc(-c6ccccc6)cc5C)cc4)cccc3c12. The van der Waals surface area contributed by atoms with Gasteiger partial charge in [0.1, 0.15) is 22.3 Å². The second kappa shape index (κ2) is 26.1. The van der Waals surface area contributed by atoms with Crippen LogP contribution in [0.4, 0.5) is 34.1 Å². The van der Waals surface area contributed by atoms with Crippen molar-refractivity contribution in [2.75, 3.05) is 9.80 Å². The number of nitrogens with zero attached hydrogens (tertiary/aromatic N) is 2. The first-order valence-corrected chi connectivity index (χ1v) is 41.1. The molecule has 4 heteroatoms. The van der Waals surface area contributed by atoms with Crippen LogP contribution in [0.25, 0.3) is 133 Å². The van der Waals surface area contributed by atoms with Crippen LogP contribution in [0.5, 0.6) is 0 Å². The predicted molar refractivity (Wildman–Crippen MR) is 488 cm³/mol. The topological polar surface area (TPSA) is 32.8 Å². The highest BCUT2D eigenvalue weighted by Gasteiger charge is 2.53. The minimum atomic E-state index is -0.509. The van der Waals surface area contributed by atoms with E-state index in [2.05, 4.69) is 419 Å². The molecule has 0 fully saturated rings. The molecule has 24 rings (SSSR count). The normalized spacial score (nSPS) is 13.2. The van der Waals surface area contributed by atoms with Gasteiger partial charge in [-0.05, 0) is 262 Å². The molecule has 0 aliphatic heterocycles. The van der Waals surface area contributed by atoms with Crippen molar-refractivity contribution in [1.29, 1.82) is 0 Å². The number of fused-ring (bicyclic) bond motifs is 26. The van der Waals surface area contributed by atoms with E-state index < -0.39 is 10.8 Å². The highest BCUT2D eigenvalue weighted by molar-refractivity contribution is 6.12. The summed E-state index contributed by atoms with van der Waals surface area (Å²) in [5.74, 6) is 0. The molecule has 4 nitrogen and oxygen atoms in total. The monoisotopic (exact) mass is 1500 g/mol. The summed E-state index contributed by atoms with van der Waals surface area (Å²) in [7, 11) is 0. The van der Waals surface area contributed by atoms with Crippen molar-refractivity contribution in [2.45, 2.75) is 38.0 Å². The summed E-state index contributed by atoms with van der Waals surface area (Å²) in [4.78, 5) is 4.97. The molecule has 118 heavy (non-hydrogen) atoms. The lowest BCUT2D eigenvalue weighted by molar-refractivity contribution is 0.669. The zero-order valence-corrected chi connectivity index (χ0v) is 65.4. The Bertz CT molecular complexity index is 7430. The number of rotatable bonds is 12. The van der Waals surface area contributed by atoms with E-state index in [1.165, 1.54) is 139 Å². The fourth-order valence-electron chi connectivity index (χ4n) is 21.5. The number of hydrogen-bond acceptors (Lipinski definition) is 4. The van der Waals surface area contributed by atoms with E-state index >= 15 is 0 Å². The molecule has 4 aliphatic rings. The average molecular weight is 1510 g/mol. The fraction of sp³-hybridized carbons (Fsp3) is 0.0526. The first-order valence-electron chi connectivity index (χ1n) is 41.1. The Morgan fingerprint density at radius 2 is 0.585 bits per heavy atom. The van der Waals surface area contributed by atoms with E-state index in [-0.39, 0.29) is 0 Å². The number of para-hydroxylation sites is 3. The fourth-order valence-corrected chi connectivity index (χ4v) is 21.5. The summed E-state index contributed by atoms with van der Waals surface area (Å²) in [6.45, 7) is 6.83. The summed E-state index contributed by atoms with van der Waals surface area (Å²) in [6.07, 6.45) is 0.698. The van der Waals surface area contributed by atoms with Crippen molar-refractivity contribution < 1.29 is 8.83 Å². The van der Waals surface area contributed by atoms with Crippen LogP contribution in [0.2, 0.25) is 0 Å². The minimum absolute atomic E-state index is 0.495. The van der Waals surface area contributed by atoms with Crippen LogP contribution in [-0.2, 0) is 17.3 Å². The molecule has 4 aliphatic carbocycles. The maximum atomic E-state index is 7.16. The lowest BCUT2D eigenvalue weighted by atomic mass is 9.70. The van der Waals surface area contributed by atoms with Gasteiger partial charge >= 0.3 is 0 Å². The molecule has 0 saturated heterocycles. The quantitative estimate of drug-likeness (QED) is 0.122. The van der Waals surface area contributed by atoms with Gasteiger partial charge in [0.05, 0.1) is 16.5 Å². The van der Waals surface area contributed by atoms with Gasteiger partial charge in [-0.3, -0.25) is 0 Å². The molecule has 0 amide bonds. The van der Waals surface area contributed by atoms with Crippen molar-refractivity contribution in [2.24, 2.45) is 0 Å². The molecular formula is C114H76N2O2. The second-order valence-electron chi connectivity index (χ2n) is 32.5. The summed E-state index contributed by atoms with van der Waals surface area (Å²) >= 11 is 0. The molecular weight excluding hydrogens is 1430 g/mol. The van der Waals surface area contributed by atoms with Gasteiger partial charge in [-0.25, -0.2) is 0 Å². The van der Waals surface area contributed by atoms with Gasteiger partial charge in [0.2, 0.25) is 0 Å². The average Bonchev–Trinajstić information content (AvgIpc) is 1.51. The molecule has 20 aromatic rings. The van der Waals surface area contributed by atoms with E-state index in [1.54, 1.807) is 0 Å². The summed E-state index contributed by atoms with van der Waals surface area (Å²) < 4.78 is 13.8. The van der Waals surface area contributed by atoms with Crippen LogP contribution in [0.1, 0.15) is 72.3 Å². The molecule has 2 spiro atoms. The Labute approximate surface area is 685 Å². The Balaban J connectivity index is 0.593. The van der Waals surface area contributed by atoms with E-state index in [1.807, 2.05) is 6.07 Å². The maximum absolute atomic E-state index is 7.16. The van der Waals surface area contributed by atoms with E-state index in [0.29, 0.717) is 6.42 Å². The number of anilines is 6. The Morgan fingerprint density at radius 3 is 1.11 bits per heavy atom. The molecule has 0 atom stereocenters. The number of hydrogen-bond donors (Lipinski definition) is 0. The molecule has 554 valence electrons. The molecule has 2 heterocycles. The van der Waals surface area contributed by atoms with Crippen LogP contribution in [0.3, 0.4) is 0 Å². The molecule has 0 radical (unpaired) electrons. The van der Waals surface area contributed by atoms with Crippen LogP contribution in [0, 0.1) is 20.8 Å². The highest BCUT2D eigenvalue weighted by atomic mass is 16.3. The second-order valence-corrected chi connectivity index (χ2v) is 32.5. The van der Waals surface area contributed by atoms with Gasteiger partial charge < -0.3 is 18.6 Å². The van der Waals surface area contributed by atoms with Crippen molar-refractivity contribution in [3.63, 3.8) is 0 Å². The van der Waals surface area contributed by atoms with Crippen LogP contribution in [-0.4, -0.2) is 0 Å². The molecule has 0 N–H and O–H groups in total. The van der Waals surface area contributed by atoms with E-state index in [4.69, 9.17) is 8.83 Å². The smallest absolute Gasteiger partial charge is 0.143 e. The van der Waals surface area contributed by atoms with Crippen molar-refractivity contribution in [1.82, 2.24) is 0 Å². The van der Waals surface area contributed by atoms with E-state index in [9.17, 15) is 0 Å². The zero-order valence-electron chi connectivity index (χ0n) is 65.4. The lowest BCUT2D eigenvalue weighted by Gasteiger charge is -2.33. The third-order valence-electron chi connectivity index (χ3n) is 26.3. The Morgan fingerprint density at radius 1 is 0.220 bits per heavy atom. The van der Waals surface area contributed by atoms with Gasteiger partial charge in [0.15, 0.2) is 0 Å². The number of furan rings is 2. The molecule has 18 aromatic carbocycles. The maximum Gasteiger partial charge on any atom is 0.143 e. The number of aryl methyl sites for hydroxylation is 3. The van der Waals surface area contributed by atoms with Gasteiger partial charge in [-0.1, -0.05) is 309 Å². The third-order valence-corrected chi connectivity index (χ3v) is 26.3. The van der Waals surface area contributed by atoms with Gasteiger partial charge in [-0.2, -0.15) is 0 Å². The number of benzene rings is 18. The molecule has 0 bridgehead atoms. The largest absolute Gasteiger partial charge is 0.455 e. The van der Waals surface area contributed by atoms with Crippen molar-refractivity contribution >= 4 is 78.0 Å². The standard InChI is InChI=1S/C114H76N2O2/c1-70-66-81(115(79-54-50-74(51-55-79)86-38-24-40-97-96-37-15-22-48-107(96)117-111(86)97)82-59-62-94-92-35-13-20-46-103(92)113(105(94)68-82)99-42-16-9-31-88(99)89-32-10-17-43-100(89)113)58-61-84(70)85-30-8-7-28-76(85)67-77-29-23-49-108-109(77)98-41-25-39-87(112(98)118-108)75-52-56-80(57-53-75)116(110-71(2)64-78(65-72(110)3)73-26-5-4-6-27-73)83-60-63-95-93-36-14-21-47-104(93)114(106(95)69-83)101-44-18-11-33-90(101)91-34-12-19-45-102(91)114/h4-66,68-69H,67H2,1-3H3. The Kier molecular flexibility index (Phi) is 15.0. The minimum Gasteiger partial charge on any atom is -0.455 e. The predicted octanol–water partition coefficient (Wildman–Crippen LogP) is 30.3. The van der Waals surface area contributed by atoms with E-state index in [0.717, 1.165) is 100 Å². The van der Waals surface area contributed by atoms with Crippen molar-refractivity contribution in [3.8, 4) is 89.0 Å². The van der Waals surface area contributed by atoms with Gasteiger partial charge in [0.25, 0.3) is 0 Å². The van der Waals surface area contributed by atoms with Crippen LogP contribution in [0.15, 0.2) is 403 Å². The first kappa shape index (κ1) is 67.6. The molecule has 0 saturated carbocycles. The van der Waals surface area contributed by atoms with Crippen molar-refractivity contribution in [3.05, 3.63) is 467 Å². The first-order chi connectivity index (χ1) is 58.3.